The second kappa shape index (κ2) is 10.9. The van der Waals surface area contributed by atoms with Crippen molar-refractivity contribution in [3.05, 3.63) is 29.8 Å². The molecule has 0 radical (unpaired) electrons. The Hall–Kier alpha value is -1.22. The molecule has 0 aromatic heterocycles. The second-order valence-electron chi connectivity index (χ2n) is 8.09. The normalized spacial score (nSPS) is 33.5. The number of fused-ring (bicyclic) bond motifs is 2. The zero-order valence-corrected chi connectivity index (χ0v) is 18.0. The zero-order chi connectivity index (χ0) is 20.8. The number of hydrogen-bond acceptors (Lipinski definition) is 7. The van der Waals surface area contributed by atoms with Gasteiger partial charge in [0.25, 0.3) is 0 Å². The molecule has 4 rings (SSSR count). The molecule has 5 unspecified atom stereocenters. The molecule has 0 spiro atoms. The van der Waals surface area contributed by atoms with E-state index in [2.05, 4.69) is 6.92 Å². The first kappa shape index (κ1) is 22.0. The van der Waals surface area contributed by atoms with E-state index < -0.39 is 6.29 Å². The summed E-state index contributed by atoms with van der Waals surface area (Å²) >= 11 is 0. The Morgan fingerprint density at radius 1 is 1.00 bits per heavy atom. The second-order valence-corrected chi connectivity index (χ2v) is 8.09. The smallest absolute Gasteiger partial charge is 0.187 e. The Kier molecular flexibility index (Phi) is 7.98. The molecule has 0 N–H and O–H groups in total. The fourth-order valence-electron chi connectivity index (χ4n) is 4.14. The molecule has 7 nitrogen and oxygen atoms in total. The summed E-state index contributed by atoms with van der Waals surface area (Å²) in [6, 6.07) is 7.86. The maximum Gasteiger partial charge on any atom is 0.187 e. The van der Waals surface area contributed by atoms with Crippen LogP contribution < -0.4 is 4.74 Å². The molecule has 1 aromatic carbocycles. The molecule has 168 valence electrons. The average molecular weight is 423 g/mol. The maximum atomic E-state index is 6.37. The Balaban J connectivity index is 1.45. The van der Waals surface area contributed by atoms with E-state index in [1.807, 2.05) is 24.3 Å². The summed E-state index contributed by atoms with van der Waals surface area (Å²) in [5, 5.41) is 0. The van der Waals surface area contributed by atoms with Crippen LogP contribution in [0.15, 0.2) is 24.3 Å². The van der Waals surface area contributed by atoms with Gasteiger partial charge in [0.05, 0.1) is 20.3 Å². The van der Waals surface area contributed by atoms with E-state index >= 15 is 0 Å². The van der Waals surface area contributed by atoms with Gasteiger partial charge in [0.2, 0.25) is 0 Å². The average Bonchev–Trinajstić information content (AvgIpc) is 3.23. The van der Waals surface area contributed by atoms with E-state index in [0.29, 0.717) is 19.8 Å². The lowest BCUT2D eigenvalue weighted by atomic mass is 9.99. The van der Waals surface area contributed by atoms with Crippen molar-refractivity contribution in [1.29, 1.82) is 0 Å². The van der Waals surface area contributed by atoms with Gasteiger partial charge in [-0.2, -0.15) is 0 Å². The van der Waals surface area contributed by atoms with Gasteiger partial charge in [-0.15, -0.1) is 0 Å². The number of hydrogen-bond donors (Lipinski definition) is 0. The summed E-state index contributed by atoms with van der Waals surface area (Å²) in [5.41, 5.74) is 1.05. The van der Waals surface area contributed by atoms with E-state index in [1.165, 1.54) is 0 Å². The lowest BCUT2D eigenvalue weighted by Gasteiger charge is -2.42. The van der Waals surface area contributed by atoms with E-state index in [4.69, 9.17) is 33.2 Å². The molecule has 3 aliphatic heterocycles. The van der Waals surface area contributed by atoms with Crippen molar-refractivity contribution in [2.75, 3.05) is 26.9 Å². The number of benzene rings is 1. The predicted molar refractivity (Wildman–Crippen MR) is 109 cm³/mol. The highest BCUT2D eigenvalue weighted by molar-refractivity contribution is 5.26. The van der Waals surface area contributed by atoms with Crippen molar-refractivity contribution in [2.24, 2.45) is 0 Å². The van der Waals surface area contributed by atoms with Gasteiger partial charge in [-0.3, -0.25) is 0 Å². The van der Waals surface area contributed by atoms with Crippen LogP contribution in [0, 0.1) is 0 Å². The minimum atomic E-state index is -0.438. The van der Waals surface area contributed by atoms with Crippen LogP contribution in [0.2, 0.25) is 0 Å². The molecule has 1 aromatic rings. The summed E-state index contributed by atoms with van der Waals surface area (Å²) in [7, 11) is 1.66. The SMILES string of the molecule is CCCCOC1C(OC2CCCCO2)C2CO[C@H](O2)C1OCc1ccc(OC)cc1. The minimum Gasteiger partial charge on any atom is -0.497 e. The van der Waals surface area contributed by atoms with Gasteiger partial charge in [0.1, 0.15) is 30.2 Å². The zero-order valence-electron chi connectivity index (χ0n) is 18.0. The van der Waals surface area contributed by atoms with Crippen LogP contribution in [0.1, 0.15) is 44.6 Å². The fraction of sp³-hybridized carbons (Fsp3) is 0.739. The van der Waals surface area contributed by atoms with Gasteiger partial charge in [-0.05, 0) is 43.4 Å². The lowest BCUT2D eigenvalue weighted by molar-refractivity contribution is -0.296. The largest absolute Gasteiger partial charge is 0.497 e. The third kappa shape index (κ3) is 5.33. The fourth-order valence-corrected chi connectivity index (χ4v) is 4.14. The van der Waals surface area contributed by atoms with Gasteiger partial charge in [0, 0.05) is 13.2 Å². The predicted octanol–water partition coefficient (Wildman–Crippen LogP) is 3.43. The van der Waals surface area contributed by atoms with Crippen molar-refractivity contribution in [2.45, 2.75) is 82.6 Å². The van der Waals surface area contributed by atoms with E-state index in [1.54, 1.807) is 7.11 Å². The third-order valence-corrected chi connectivity index (χ3v) is 5.87. The number of rotatable bonds is 10. The highest BCUT2D eigenvalue weighted by Gasteiger charge is 2.53. The Bertz CT molecular complexity index is 631. The van der Waals surface area contributed by atoms with Crippen LogP contribution in [0.3, 0.4) is 0 Å². The topological polar surface area (TPSA) is 64.6 Å². The van der Waals surface area contributed by atoms with Crippen LogP contribution in [-0.4, -0.2) is 63.9 Å². The summed E-state index contributed by atoms with van der Waals surface area (Å²) in [6.45, 7) is 4.47. The first-order valence-corrected chi connectivity index (χ1v) is 11.2. The summed E-state index contributed by atoms with van der Waals surface area (Å²) in [6.07, 6.45) is 3.44. The standard InChI is InChI=1S/C23H34O7/c1-3-4-12-26-21-20(30-19-7-5-6-13-25-19)18-15-28-23(29-18)22(21)27-14-16-8-10-17(24-2)11-9-16/h8-11,18-23H,3-7,12-15H2,1-2H3/t18?,19?,20?,21?,22?,23-/m1/s1. The van der Waals surface area contributed by atoms with Crippen molar-refractivity contribution in [3.63, 3.8) is 0 Å². The number of unbranched alkanes of at least 4 members (excludes halogenated alkanes) is 1. The van der Waals surface area contributed by atoms with Crippen molar-refractivity contribution in [3.8, 4) is 5.75 Å². The van der Waals surface area contributed by atoms with Crippen molar-refractivity contribution < 1.29 is 33.2 Å². The van der Waals surface area contributed by atoms with Gasteiger partial charge in [-0.1, -0.05) is 25.5 Å². The maximum absolute atomic E-state index is 6.37. The molecule has 6 atom stereocenters. The quantitative estimate of drug-likeness (QED) is 0.535. The van der Waals surface area contributed by atoms with Crippen LogP contribution in [0.25, 0.3) is 0 Å². The molecule has 3 saturated heterocycles. The van der Waals surface area contributed by atoms with E-state index in [-0.39, 0.29) is 30.7 Å². The third-order valence-electron chi connectivity index (χ3n) is 5.87. The van der Waals surface area contributed by atoms with Crippen molar-refractivity contribution in [1.82, 2.24) is 0 Å². The lowest BCUT2D eigenvalue weighted by Crippen LogP contribution is -2.58. The monoisotopic (exact) mass is 422 g/mol. The number of ether oxygens (including phenoxy) is 7. The first-order valence-electron chi connectivity index (χ1n) is 11.2. The molecule has 3 fully saturated rings. The van der Waals surface area contributed by atoms with Gasteiger partial charge >= 0.3 is 0 Å². The summed E-state index contributed by atoms with van der Waals surface area (Å²) < 4.78 is 42.0. The molecule has 0 aliphatic carbocycles. The molecule has 7 heteroatoms. The van der Waals surface area contributed by atoms with Crippen LogP contribution in [0.5, 0.6) is 5.75 Å². The highest BCUT2D eigenvalue weighted by Crippen LogP contribution is 2.35. The minimum absolute atomic E-state index is 0.159. The van der Waals surface area contributed by atoms with Crippen molar-refractivity contribution >= 4 is 0 Å². The Morgan fingerprint density at radius 2 is 1.87 bits per heavy atom. The van der Waals surface area contributed by atoms with Crippen LogP contribution in [0.4, 0.5) is 0 Å². The summed E-state index contributed by atoms with van der Waals surface area (Å²) in [4.78, 5) is 0. The van der Waals surface area contributed by atoms with Crippen LogP contribution >= 0.6 is 0 Å². The van der Waals surface area contributed by atoms with Crippen LogP contribution in [-0.2, 0) is 35.0 Å². The van der Waals surface area contributed by atoms with E-state index in [9.17, 15) is 0 Å². The van der Waals surface area contributed by atoms with E-state index in [0.717, 1.165) is 50.0 Å². The molecular formula is C23H34O7. The Labute approximate surface area is 178 Å². The highest BCUT2D eigenvalue weighted by atomic mass is 16.8. The Morgan fingerprint density at radius 3 is 2.60 bits per heavy atom. The molecule has 3 aliphatic rings. The summed E-state index contributed by atoms with van der Waals surface area (Å²) in [5.74, 6) is 0.823. The van der Waals surface area contributed by atoms with Gasteiger partial charge in [0.15, 0.2) is 12.6 Å². The molecule has 2 bridgehead atoms. The molecule has 0 saturated carbocycles. The molecule has 0 amide bonds. The van der Waals surface area contributed by atoms with Gasteiger partial charge in [-0.25, -0.2) is 0 Å². The van der Waals surface area contributed by atoms with Gasteiger partial charge < -0.3 is 33.2 Å². The molecule has 3 heterocycles. The number of methoxy groups -OCH3 is 1. The molecule has 30 heavy (non-hydrogen) atoms. The first-order chi connectivity index (χ1) is 14.8. The molecular weight excluding hydrogens is 388 g/mol.